The largest absolute Gasteiger partial charge is 0.397 e. The van der Waals surface area contributed by atoms with Crippen LogP contribution in [0.15, 0.2) is 79.7 Å². The van der Waals surface area contributed by atoms with Crippen LogP contribution in [0.4, 0.5) is 5.69 Å². The third-order valence-corrected chi connectivity index (χ3v) is 8.87. The zero-order chi connectivity index (χ0) is 24.7. The van der Waals surface area contributed by atoms with E-state index < -0.39 is 21.1 Å². The van der Waals surface area contributed by atoms with E-state index in [1.54, 1.807) is 42.5 Å². The first-order valence-electron chi connectivity index (χ1n) is 10.9. The van der Waals surface area contributed by atoms with Crippen molar-refractivity contribution in [2.75, 3.05) is 31.1 Å². The van der Waals surface area contributed by atoms with Crippen LogP contribution in [0, 0.1) is 0 Å². The molecule has 184 valence electrons. The van der Waals surface area contributed by atoms with E-state index in [-0.39, 0.29) is 10.4 Å². The molecule has 5 aromatic rings. The van der Waals surface area contributed by atoms with Crippen molar-refractivity contribution < 1.29 is 26.1 Å². The van der Waals surface area contributed by atoms with Crippen LogP contribution in [0.2, 0.25) is 0 Å². The molecule has 1 unspecified atom stereocenters. The lowest BCUT2D eigenvalue weighted by Gasteiger charge is -2.35. The summed E-state index contributed by atoms with van der Waals surface area (Å²) in [5, 5.41) is 15.0. The van der Waals surface area contributed by atoms with E-state index in [4.69, 9.17) is 13.4 Å². The SMILES string of the molecule is O=S(Oc1ccc(N2CCN(S(=O)(=O)c3cccc4nonc34)CC2)cc1)c1cccc2nonc12. The lowest BCUT2D eigenvalue weighted by Crippen LogP contribution is -2.48. The molecule has 36 heavy (non-hydrogen) atoms. The highest BCUT2D eigenvalue weighted by Gasteiger charge is 2.31. The average Bonchev–Trinajstić information content (AvgIpc) is 3.58. The molecule has 0 aliphatic carbocycles. The molecule has 2 aromatic heterocycles. The van der Waals surface area contributed by atoms with Crippen LogP contribution in [0.25, 0.3) is 22.1 Å². The van der Waals surface area contributed by atoms with E-state index in [1.807, 2.05) is 12.1 Å². The van der Waals surface area contributed by atoms with Crippen molar-refractivity contribution in [2.24, 2.45) is 0 Å². The summed E-state index contributed by atoms with van der Waals surface area (Å²) in [5.74, 6) is 0.418. The third kappa shape index (κ3) is 3.98. The highest BCUT2D eigenvalue weighted by molar-refractivity contribution is 7.89. The minimum atomic E-state index is -3.75. The predicted octanol–water partition coefficient (Wildman–Crippen LogP) is 2.37. The summed E-state index contributed by atoms with van der Waals surface area (Å²) in [6.07, 6.45) is 0. The molecule has 0 amide bonds. The highest BCUT2D eigenvalue weighted by atomic mass is 32.2. The molecular weight excluding hydrogens is 508 g/mol. The van der Waals surface area contributed by atoms with E-state index >= 15 is 0 Å². The second-order valence-corrected chi connectivity index (χ2v) is 11.0. The highest BCUT2D eigenvalue weighted by Crippen LogP contribution is 2.27. The van der Waals surface area contributed by atoms with Crippen molar-refractivity contribution >= 4 is 48.9 Å². The van der Waals surface area contributed by atoms with E-state index in [0.717, 1.165) is 5.69 Å². The molecule has 0 saturated carbocycles. The minimum absolute atomic E-state index is 0.0845. The summed E-state index contributed by atoms with van der Waals surface area (Å²) in [7, 11) is -3.75. The zero-order valence-corrected chi connectivity index (χ0v) is 20.2. The second-order valence-electron chi connectivity index (χ2n) is 7.98. The molecule has 1 aliphatic heterocycles. The molecule has 0 bridgehead atoms. The Balaban J connectivity index is 1.12. The molecule has 12 nitrogen and oxygen atoms in total. The summed E-state index contributed by atoms with van der Waals surface area (Å²) in [4.78, 5) is 2.53. The van der Waals surface area contributed by atoms with Gasteiger partial charge in [0.15, 0.2) is 11.0 Å². The number of rotatable bonds is 6. The lowest BCUT2D eigenvalue weighted by atomic mass is 10.2. The number of anilines is 1. The first-order chi connectivity index (χ1) is 17.5. The molecular formula is C22H18N6O6S2. The van der Waals surface area contributed by atoms with Gasteiger partial charge in [0.2, 0.25) is 21.1 Å². The van der Waals surface area contributed by atoms with Gasteiger partial charge in [0.25, 0.3) is 0 Å². The Morgan fingerprint density at radius 1 is 0.778 bits per heavy atom. The molecule has 6 rings (SSSR count). The van der Waals surface area contributed by atoms with Crippen molar-refractivity contribution in [2.45, 2.75) is 9.79 Å². The Morgan fingerprint density at radius 3 is 2.14 bits per heavy atom. The predicted molar refractivity (Wildman–Crippen MR) is 128 cm³/mol. The van der Waals surface area contributed by atoms with E-state index in [1.165, 1.54) is 10.4 Å². The fourth-order valence-corrected chi connectivity index (χ4v) is 6.50. The van der Waals surface area contributed by atoms with Gasteiger partial charge in [0.05, 0.1) is 0 Å². The Morgan fingerprint density at radius 2 is 1.42 bits per heavy atom. The van der Waals surface area contributed by atoms with Crippen LogP contribution in [0.3, 0.4) is 0 Å². The summed E-state index contributed by atoms with van der Waals surface area (Å²) < 4.78 is 55.6. The molecule has 1 aliphatic rings. The molecule has 0 spiro atoms. The number of nitrogens with zero attached hydrogens (tertiary/aromatic N) is 6. The standard InChI is InChI=1S/C22H18N6O6S2/c29-35(19-5-1-3-17-21(19)25-33-23-17)32-16-9-7-15(8-10-16)27-11-13-28(14-12-27)36(30,31)20-6-2-4-18-22(20)26-34-24-18/h1-10H,11-14H2. The number of piperazine rings is 1. The molecule has 3 heterocycles. The first kappa shape index (κ1) is 22.6. The minimum Gasteiger partial charge on any atom is -0.397 e. The van der Waals surface area contributed by atoms with Crippen LogP contribution < -0.4 is 9.08 Å². The number of benzene rings is 3. The number of hydrogen-bond acceptors (Lipinski definition) is 11. The number of aromatic nitrogens is 4. The van der Waals surface area contributed by atoms with E-state index in [9.17, 15) is 12.6 Å². The molecule has 1 saturated heterocycles. The van der Waals surface area contributed by atoms with Gasteiger partial charge in [-0.15, -0.1) is 0 Å². The monoisotopic (exact) mass is 526 g/mol. The Bertz CT molecular complexity index is 1680. The molecule has 14 heteroatoms. The fraction of sp³-hybridized carbons (Fsp3) is 0.182. The average molecular weight is 527 g/mol. The molecule has 1 fully saturated rings. The normalized spacial score (nSPS) is 15.9. The fourth-order valence-electron chi connectivity index (χ4n) is 4.08. The molecule has 0 N–H and O–H groups in total. The van der Waals surface area contributed by atoms with Crippen molar-refractivity contribution in [1.29, 1.82) is 0 Å². The molecule has 1 atom stereocenters. The zero-order valence-electron chi connectivity index (χ0n) is 18.6. The summed E-state index contributed by atoms with van der Waals surface area (Å²) in [6.45, 7) is 1.61. The van der Waals surface area contributed by atoms with Crippen molar-refractivity contribution in [1.82, 2.24) is 24.9 Å². The van der Waals surface area contributed by atoms with Crippen LogP contribution in [0.1, 0.15) is 0 Å². The number of sulfonamides is 1. The molecule has 0 radical (unpaired) electrons. The number of hydrogen-bond donors (Lipinski definition) is 0. The Labute approximate surface area is 207 Å². The van der Waals surface area contributed by atoms with Gasteiger partial charge in [-0.1, -0.05) is 12.1 Å². The Kier molecular flexibility index (Phi) is 5.62. The van der Waals surface area contributed by atoms with Gasteiger partial charge in [-0.05, 0) is 69.2 Å². The smallest absolute Gasteiger partial charge is 0.245 e. The van der Waals surface area contributed by atoms with Gasteiger partial charge in [0, 0.05) is 31.9 Å². The maximum atomic E-state index is 13.2. The maximum Gasteiger partial charge on any atom is 0.245 e. The van der Waals surface area contributed by atoms with Gasteiger partial charge in [0.1, 0.15) is 26.6 Å². The Hall–Kier alpha value is -3.88. The third-order valence-electron chi connectivity index (χ3n) is 5.91. The van der Waals surface area contributed by atoms with Crippen LogP contribution >= 0.6 is 0 Å². The van der Waals surface area contributed by atoms with Gasteiger partial charge in [-0.3, -0.25) is 0 Å². The van der Waals surface area contributed by atoms with Gasteiger partial charge >= 0.3 is 0 Å². The summed E-state index contributed by atoms with van der Waals surface area (Å²) in [5.41, 5.74) is 2.40. The van der Waals surface area contributed by atoms with E-state index in [2.05, 4.69) is 25.5 Å². The summed E-state index contributed by atoms with van der Waals surface area (Å²) >= 11 is -1.80. The van der Waals surface area contributed by atoms with E-state index in [0.29, 0.717) is 53.4 Å². The van der Waals surface area contributed by atoms with Crippen molar-refractivity contribution in [3.63, 3.8) is 0 Å². The van der Waals surface area contributed by atoms with Gasteiger partial charge in [-0.2, -0.15) is 4.31 Å². The van der Waals surface area contributed by atoms with Crippen LogP contribution in [0.5, 0.6) is 5.75 Å². The van der Waals surface area contributed by atoms with Crippen molar-refractivity contribution in [3.8, 4) is 5.75 Å². The van der Waals surface area contributed by atoms with Gasteiger partial charge in [-0.25, -0.2) is 21.9 Å². The van der Waals surface area contributed by atoms with Crippen molar-refractivity contribution in [3.05, 3.63) is 60.7 Å². The van der Waals surface area contributed by atoms with Crippen LogP contribution in [-0.4, -0.2) is 63.7 Å². The molecule has 3 aromatic carbocycles. The topological polar surface area (TPSA) is 145 Å². The van der Waals surface area contributed by atoms with Crippen LogP contribution in [-0.2, 0) is 21.1 Å². The quantitative estimate of drug-likeness (QED) is 0.321. The lowest BCUT2D eigenvalue weighted by molar-refractivity contribution is 0.315. The first-order valence-corrected chi connectivity index (χ1v) is 13.4. The second kappa shape index (κ2) is 8.96. The number of fused-ring (bicyclic) bond motifs is 2. The van der Waals surface area contributed by atoms with Gasteiger partial charge < -0.3 is 9.08 Å². The summed E-state index contributed by atoms with van der Waals surface area (Å²) in [6, 6.07) is 17.0. The maximum absolute atomic E-state index is 13.2.